The number of allylic oxidation sites excluding steroid dienone is 1. The van der Waals surface area contributed by atoms with Crippen molar-refractivity contribution >= 4 is 29.3 Å². The van der Waals surface area contributed by atoms with Gasteiger partial charge in [-0.15, -0.1) is 18.3 Å². The van der Waals surface area contributed by atoms with Crippen LogP contribution in [0.1, 0.15) is 30.4 Å². The van der Waals surface area contributed by atoms with Crippen LogP contribution in [-0.2, 0) is 9.53 Å². The number of aryl methyl sites for hydroxylation is 1. The molecule has 28 heavy (non-hydrogen) atoms. The first-order chi connectivity index (χ1) is 13.2. The summed E-state index contributed by atoms with van der Waals surface area (Å²) in [6.07, 6.45) is -0.0637. The maximum absolute atomic E-state index is 14.2. The van der Waals surface area contributed by atoms with Crippen molar-refractivity contribution in [2.45, 2.75) is 47.8 Å². The third kappa shape index (κ3) is 6.35. The lowest BCUT2D eigenvalue weighted by Gasteiger charge is -2.30. The number of ether oxygens (including phenoxy) is 1. The highest BCUT2D eigenvalue weighted by Crippen LogP contribution is 2.39. The fourth-order valence-corrected chi connectivity index (χ4v) is 4.14. The quantitative estimate of drug-likeness (QED) is 0.197. The Bertz CT molecular complexity index is 775. The molecule has 0 aliphatic rings. The molecule has 3 atom stereocenters. The van der Waals surface area contributed by atoms with Crippen LogP contribution in [0.5, 0.6) is 0 Å². The topological polar surface area (TPSA) is 26.3 Å². The maximum Gasteiger partial charge on any atom is 0.359 e. The summed E-state index contributed by atoms with van der Waals surface area (Å²) < 4.78 is 33.6. The molecule has 150 valence electrons. The summed E-state index contributed by atoms with van der Waals surface area (Å²) in [5.74, 6) is -1.42. The fourth-order valence-electron chi connectivity index (χ4n) is 2.65. The number of benzene rings is 2. The summed E-state index contributed by atoms with van der Waals surface area (Å²) in [5.41, 5.74) is 1.75. The molecule has 0 saturated heterocycles. The molecular formula is C22H23ClF2O2S. The Kier molecular flexibility index (Phi) is 8.08. The Hall–Kier alpha value is -1.85. The number of halogens is 3. The molecule has 0 N–H and O–H groups in total. The summed E-state index contributed by atoms with van der Waals surface area (Å²) >= 11 is 6.55. The van der Waals surface area contributed by atoms with Gasteiger partial charge in [-0.1, -0.05) is 54.1 Å². The van der Waals surface area contributed by atoms with Crippen molar-refractivity contribution in [2.24, 2.45) is 0 Å². The Morgan fingerprint density at radius 3 is 2.36 bits per heavy atom. The van der Waals surface area contributed by atoms with E-state index in [2.05, 4.69) is 6.58 Å². The van der Waals surface area contributed by atoms with Crippen LogP contribution < -0.4 is 0 Å². The van der Waals surface area contributed by atoms with Crippen LogP contribution in [-0.4, -0.2) is 22.7 Å². The molecule has 2 aromatic rings. The molecule has 0 fully saturated rings. The monoisotopic (exact) mass is 424 g/mol. The maximum atomic E-state index is 14.2. The number of alkyl halides is 3. The standard InChI is InChI=1S/C22H23ClF2O2S/c1-4-8-19(28-18-13-11-15(2)12-14-18)20(22(23,24)25)27-21(26)16(3)17-9-6-5-7-10-17/h4-7,9-14,16,19-20H,1,8H2,2-3H3/t16-,19+,20+/m0/s1. The van der Waals surface area contributed by atoms with Gasteiger partial charge in [0.2, 0.25) is 0 Å². The van der Waals surface area contributed by atoms with E-state index in [9.17, 15) is 13.6 Å². The predicted octanol–water partition coefficient (Wildman–Crippen LogP) is 6.58. The lowest BCUT2D eigenvalue weighted by atomic mass is 10.0. The normalized spacial score (nSPS) is 14.8. The van der Waals surface area contributed by atoms with Gasteiger partial charge in [0.25, 0.3) is 0 Å². The Morgan fingerprint density at radius 2 is 1.82 bits per heavy atom. The highest BCUT2D eigenvalue weighted by atomic mass is 35.5. The van der Waals surface area contributed by atoms with Crippen LogP contribution in [0, 0.1) is 6.92 Å². The van der Waals surface area contributed by atoms with Gasteiger partial charge in [0.05, 0.1) is 11.2 Å². The molecule has 6 heteroatoms. The second-order valence-corrected chi connectivity index (χ2v) is 8.34. The minimum Gasteiger partial charge on any atom is -0.453 e. The van der Waals surface area contributed by atoms with Crippen molar-refractivity contribution in [1.29, 1.82) is 0 Å². The number of carbonyl (C=O) groups excluding carboxylic acids is 1. The van der Waals surface area contributed by atoms with E-state index in [1.165, 1.54) is 17.8 Å². The summed E-state index contributed by atoms with van der Waals surface area (Å²) in [7, 11) is 0. The van der Waals surface area contributed by atoms with Crippen molar-refractivity contribution in [3.8, 4) is 0 Å². The van der Waals surface area contributed by atoms with E-state index in [0.29, 0.717) is 5.56 Å². The van der Waals surface area contributed by atoms with E-state index in [0.717, 1.165) is 10.5 Å². The number of carbonyl (C=O) groups is 1. The lowest BCUT2D eigenvalue weighted by molar-refractivity contribution is -0.162. The van der Waals surface area contributed by atoms with Crippen molar-refractivity contribution in [2.75, 3.05) is 0 Å². The van der Waals surface area contributed by atoms with Crippen molar-refractivity contribution < 1.29 is 18.3 Å². The van der Waals surface area contributed by atoms with Crippen LogP contribution in [0.15, 0.2) is 72.1 Å². The molecule has 0 amide bonds. The minimum atomic E-state index is -3.71. The largest absolute Gasteiger partial charge is 0.453 e. The number of hydrogen-bond acceptors (Lipinski definition) is 3. The summed E-state index contributed by atoms with van der Waals surface area (Å²) in [6, 6.07) is 16.3. The number of rotatable bonds is 9. The summed E-state index contributed by atoms with van der Waals surface area (Å²) in [4.78, 5) is 13.3. The van der Waals surface area contributed by atoms with Crippen LogP contribution in [0.3, 0.4) is 0 Å². The molecule has 0 radical (unpaired) electrons. The molecule has 0 saturated carbocycles. The molecule has 0 spiro atoms. The van der Waals surface area contributed by atoms with Crippen LogP contribution in [0.4, 0.5) is 8.78 Å². The molecule has 0 aliphatic heterocycles. The SMILES string of the molecule is C=CC[C@@H](Sc1ccc(C)cc1)[C@@H](OC(=O)[C@@H](C)c1ccccc1)C(F)(F)Cl. The van der Waals surface area contributed by atoms with Crippen molar-refractivity contribution in [3.05, 3.63) is 78.4 Å². The van der Waals surface area contributed by atoms with Crippen molar-refractivity contribution in [1.82, 2.24) is 0 Å². The van der Waals surface area contributed by atoms with E-state index in [1.807, 2.05) is 37.3 Å². The smallest absolute Gasteiger partial charge is 0.359 e. The van der Waals surface area contributed by atoms with Gasteiger partial charge >= 0.3 is 11.4 Å². The zero-order valence-electron chi connectivity index (χ0n) is 15.8. The molecule has 2 rings (SSSR count). The second kappa shape index (κ2) is 10.1. The third-order valence-corrected chi connectivity index (χ3v) is 5.77. The second-order valence-electron chi connectivity index (χ2n) is 6.53. The third-order valence-electron chi connectivity index (χ3n) is 4.26. The molecule has 0 unspecified atom stereocenters. The fraction of sp³-hybridized carbons (Fsp3) is 0.318. The zero-order chi connectivity index (χ0) is 20.7. The van der Waals surface area contributed by atoms with Gasteiger partial charge < -0.3 is 4.74 Å². The van der Waals surface area contributed by atoms with Gasteiger partial charge in [-0.25, -0.2) is 0 Å². The van der Waals surface area contributed by atoms with E-state index in [1.54, 1.807) is 31.2 Å². The average Bonchev–Trinajstić information content (AvgIpc) is 2.66. The zero-order valence-corrected chi connectivity index (χ0v) is 17.4. The van der Waals surface area contributed by atoms with Crippen LogP contribution in [0.2, 0.25) is 0 Å². The minimum absolute atomic E-state index is 0.207. The highest BCUT2D eigenvalue weighted by Gasteiger charge is 2.46. The molecule has 2 aromatic carbocycles. The van der Waals surface area contributed by atoms with Gasteiger partial charge in [-0.05, 0) is 49.6 Å². The molecular weight excluding hydrogens is 402 g/mol. The van der Waals surface area contributed by atoms with Gasteiger partial charge in [0.1, 0.15) is 0 Å². The average molecular weight is 425 g/mol. The summed E-state index contributed by atoms with van der Waals surface area (Å²) in [5, 5.41) is -4.49. The molecule has 2 nitrogen and oxygen atoms in total. The van der Waals surface area contributed by atoms with Gasteiger partial charge in [0, 0.05) is 4.90 Å². The van der Waals surface area contributed by atoms with Gasteiger partial charge in [-0.3, -0.25) is 4.79 Å². The number of hydrogen-bond donors (Lipinski definition) is 0. The van der Waals surface area contributed by atoms with Crippen LogP contribution >= 0.6 is 23.4 Å². The summed E-state index contributed by atoms with van der Waals surface area (Å²) in [6.45, 7) is 7.21. The van der Waals surface area contributed by atoms with E-state index in [4.69, 9.17) is 16.3 Å². The van der Waals surface area contributed by atoms with Crippen molar-refractivity contribution in [3.63, 3.8) is 0 Å². The molecule has 0 aromatic heterocycles. The van der Waals surface area contributed by atoms with E-state index < -0.39 is 28.6 Å². The van der Waals surface area contributed by atoms with Crippen LogP contribution in [0.25, 0.3) is 0 Å². The Labute approximate surface area is 173 Å². The van der Waals surface area contributed by atoms with Gasteiger partial charge in [-0.2, -0.15) is 8.78 Å². The molecule has 0 aliphatic carbocycles. The first-order valence-electron chi connectivity index (χ1n) is 8.88. The first kappa shape index (κ1) is 22.4. The highest BCUT2D eigenvalue weighted by molar-refractivity contribution is 8.00. The number of thioether (sulfide) groups is 1. The lowest BCUT2D eigenvalue weighted by Crippen LogP contribution is -2.42. The Balaban J connectivity index is 2.22. The molecule has 0 bridgehead atoms. The van der Waals surface area contributed by atoms with Gasteiger partial charge in [0.15, 0.2) is 6.10 Å². The predicted molar refractivity (Wildman–Crippen MR) is 111 cm³/mol. The van der Waals surface area contributed by atoms with E-state index >= 15 is 0 Å². The first-order valence-corrected chi connectivity index (χ1v) is 10.1. The number of esters is 1. The Morgan fingerprint density at radius 1 is 1.21 bits per heavy atom. The van der Waals surface area contributed by atoms with E-state index in [-0.39, 0.29) is 6.42 Å². The molecule has 0 heterocycles.